The van der Waals surface area contributed by atoms with Crippen LogP contribution in [0.25, 0.3) is 0 Å². The predicted molar refractivity (Wildman–Crippen MR) is 119 cm³/mol. The van der Waals surface area contributed by atoms with Crippen LogP contribution in [0.2, 0.25) is 0 Å². The molecule has 0 radical (unpaired) electrons. The van der Waals surface area contributed by atoms with Gasteiger partial charge in [0.1, 0.15) is 11.4 Å². The number of aryl methyl sites for hydroxylation is 1. The maximum Gasteiger partial charge on any atom is 0.329 e. The summed E-state index contributed by atoms with van der Waals surface area (Å²) in [6, 6.07) is 7.45. The molecule has 164 valence electrons. The van der Waals surface area contributed by atoms with Gasteiger partial charge in [0.05, 0.1) is 0 Å². The molecule has 6 nitrogen and oxygen atoms in total. The van der Waals surface area contributed by atoms with Crippen molar-refractivity contribution in [3.8, 4) is 5.75 Å². The number of amides is 2. The lowest BCUT2D eigenvalue weighted by Gasteiger charge is -2.48. The average molecular weight is 433 g/mol. The van der Waals surface area contributed by atoms with Crippen LogP contribution in [0.5, 0.6) is 5.75 Å². The first-order chi connectivity index (χ1) is 14.6. The van der Waals surface area contributed by atoms with Crippen LogP contribution in [-0.4, -0.2) is 54.8 Å². The first kappa shape index (κ1) is 20.3. The molecule has 2 N–H and O–H groups in total. The van der Waals surface area contributed by atoms with Crippen molar-refractivity contribution in [1.29, 1.82) is 0 Å². The van der Waals surface area contributed by atoms with Crippen LogP contribution < -0.4 is 19.8 Å². The van der Waals surface area contributed by atoms with Gasteiger partial charge in [0.2, 0.25) is 0 Å². The number of carbonyl (C=O) groups is 1. The van der Waals surface area contributed by atoms with Crippen molar-refractivity contribution < 1.29 is 9.53 Å². The Bertz CT molecular complexity index is 768. The summed E-state index contributed by atoms with van der Waals surface area (Å²) in [4.78, 5) is 18.6. The number of piperidine rings is 2. The summed E-state index contributed by atoms with van der Waals surface area (Å²) in [6.07, 6.45) is 10.6. The van der Waals surface area contributed by atoms with Gasteiger partial charge in [-0.05, 0) is 75.1 Å². The second-order valence-corrected chi connectivity index (χ2v) is 9.72. The standard InChI is InChI=1S/C23H33ClN4O2/c24-26-22(29)25-18-7-12-27(13-8-18)20-4-5-21-17(16-20)6-9-23(30-21)10-14-28(15-11-23)19-2-1-3-19/h4-5,16,18-19H,1-3,6-15H2,(H2,25,26,29). The number of anilines is 1. The summed E-state index contributed by atoms with van der Waals surface area (Å²) < 4.78 is 6.64. The van der Waals surface area contributed by atoms with E-state index in [0.717, 1.165) is 50.6 Å². The number of likely N-dealkylation sites (tertiary alicyclic amines) is 1. The summed E-state index contributed by atoms with van der Waals surface area (Å²) in [5.41, 5.74) is 2.68. The summed E-state index contributed by atoms with van der Waals surface area (Å²) >= 11 is 5.36. The monoisotopic (exact) mass is 432 g/mol. The summed E-state index contributed by atoms with van der Waals surface area (Å²) in [7, 11) is 0. The minimum absolute atomic E-state index is 0.0573. The highest BCUT2D eigenvalue weighted by Crippen LogP contribution is 2.42. The van der Waals surface area contributed by atoms with E-state index in [-0.39, 0.29) is 17.7 Å². The van der Waals surface area contributed by atoms with Crippen LogP contribution in [-0.2, 0) is 6.42 Å². The molecule has 0 atom stereocenters. The Morgan fingerprint density at radius 1 is 1.07 bits per heavy atom. The van der Waals surface area contributed by atoms with Gasteiger partial charge in [-0.25, -0.2) is 9.63 Å². The largest absolute Gasteiger partial charge is 0.487 e. The van der Waals surface area contributed by atoms with Crippen LogP contribution in [0.15, 0.2) is 18.2 Å². The van der Waals surface area contributed by atoms with E-state index >= 15 is 0 Å². The highest BCUT2D eigenvalue weighted by molar-refractivity contribution is 6.21. The molecule has 3 heterocycles. The fraction of sp³-hybridized carbons (Fsp3) is 0.696. The van der Waals surface area contributed by atoms with E-state index in [1.165, 1.54) is 56.4 Å². The second-order valence-electron chi connectivity index (χ2n) is 9.53. The number of urea groups is 1. The molecule has 7 heteroatoms. The minimum Gasteiger partial charge on any atom is -0.487 e. The number of hydrogen-bond donors (Lipinski definition) is 2. The quantitative estimate of drug-likeness (QED) is 0.713. The average Bonchev–Trinajstić information content (AvgIpc) is 2.74. The lowest BCUT2D eigenvalue weighted by atomic mass is 9.81. The fourth-order valence-electron chi connectivity index (χ4n) is 5.60. The first-order valence-corrected chi connectivity index (χ1v) is 12.0. The van der Waals surface area contributed by atoms with Gasteiger partial charge in [0.15, 0.2) is 0 Å². The fourth-order valence-corrected chi connectivity index (χ4v) is 5.65. The highest BCUT2D eigenvalue weighted by atomic mass is 35.5. The van der Waals surface area contributed by atoms with Crippen LogP contribution in [0.4, 0.5) is 10.5 Å². The summed E-state index contributed by atoms with van der Waals surface area (Å²) in [5.74, 6) is 1.09. The van der Waals surface area contributed by atoms with Gasteiger partial charge < -0.3 is 19.9 Å². The number of ether oxygens (including phenoxy) is 1. The first-order valence-electron chi connectivity index (χ1n) is 11.6. The number of nitrogens with one attached hydrogen (secondary N) is 2. The SMILES string of the molecule is O=C(NCl)NC1CCN(c2ccc3c(c2)CCC2(CCN(C4CCC4)CC2)O3)CC1. The van der Waals surface area contributed by atoms with Crippen LogP contribution in [0.1, 0.15) is 56.9 Å². The molecule has 1 spiro atoms. The van der Waals surface area contributed by atoms with E-state index in [9.17, 15) is 4.79 Å². The van der Waals surface area contributed by atoms with E-state index in [2.05, 4.69) is 38.2 Å². The number of carbonyl (C=O) groups excluding carboxylic acids is 1. The van der Waals surface area contributed by atoms with Crippen molar-refractivity contribution in [3.63, 3.8) is 0 Å². The Morgan fingerprint density at radius 3 is 2.50 bits per heavy atom. The Morgan fingerprint density at radius 2 is 1.83 bits per heavy atom. The predicted octanol–water partition coefficient (Wildman–Crippen LogP) is 3.82. The Labute approximate surface area is 184 Å². The molecular formula is C23H33ClN4O2. The van der Waals surface area contributed by atoms with Gasteiger partial charge in [0.25, 0.3) is 0 Å². The number of halogens is 1. The third-order valence-corrected chi connectivity index (χ3v) is 7.97. The Balaban J connectivity index is 1.18. The molecule has 30 heavy (non-hydrogen) atoms. The minimum atomic E-state index is -0.312. The molecule has 2 saturated heterocycles. The molecule has 0 unspecified atom stereocenters. The van der Waals surface area contributed by atoms with Crippen molar-refractivity contribution in [3.05, 3.63) is 23.8 Å². The lowest BCUT2D eigenvalue weighted by Crippen LogP contribution is -2.53. The number of benzene rings is 1. The molecule has 0 aromatic heterocycles. The lowest BCUT2D eigenvalue weighted by molar-refractivity contribution is -0.0336. The van der Waals surface area contributed by atoms with E-state index < -0.39 is 0 Å². The van der Waals surface area contributed by atoms with Crippen molar-refractivity contribution in [2.24, 2.45) is 0 Å². The smallest absolute Gasteiger partial charge is 0.329 e. The number of hydrogen-bond acceptors (Lipinski definition) is 4. The molecule has 1 aromatic carbocycles. The summed E-state index contributed by atoms with van der Waals surface area (Å²) in [5, 5.41) is 2.91. The van der Waals surface area contributed by atoms with Crippen molar-refractivity contribution in [1.82, 2.24) is 15.1 Å². The molecule has 4 aliphatic rings. The zero-order valence-corrected chi connectivity index (χ0v) is 18.4. The molecule has 3 aliphatic heterocycles. The Hall–Kier alpha value is -1.66. The Kier molecular flexibility index (Phi) is 5.71. The van der Waals surface area contributed by atoms with Crippen molar-refractivity contribution >= 4 is 23.5 Å². The summed E-state index contributed by atoms with van der Waals surface area (Å²) in [6.45, 7) is 4.27. The van der Waals surface area contributed by atoms with Gasteiger partial charge in [-0.3, -0.25) is 0 Å². The van der Waals surface area contributed by atoms with Crippen molar-refractivity contribution in [2.45, 2.75) is 75.5 Å². The number of fused-ring (bicyclic) bond motifs is 1. The maximum absolute atomic E-state index is 11.4. The van der Waals surface area contributed by atoms with Gasteiger partial charge in [-0.15, -0.1) is 0 Å². The van der Waals surface area contributed by atoms with Crippen LogP contribution >= 0.6 is 11.8 Å². The number of rotatable bonds is 3. The van der Waals surface area contributed by atoms with Gasteiger partial charge in [-0.2, -0.15) is 0 Å². The van der Waals surface area contributed by atoms with Gasteiger partial charge in [-0.1, -0.05) is 6.42 Å². The molecule has 1 saturated carbocycles. The zero-order chi connectivity index (χ0) is 20.6. The van der Waals surface area contributed by atoms with Crippen LogP contribution in [0.3, 0.4) is 0 Å². The third kappa shape index (κ3) is 4.09. The van der Waals surface area contributed by atoms with Crippen molar-refractivity contribution in [2.75, 3.05) is 31.1 Å². The molecule has 2 amide bonds. The molecule has 1 aromatic rings. The normalized spacial score (nSPS) is 24.6. The van der Waals surface area contributed by atoms with Gasteiger partial charge >= 0.3 is 6.03 Å². The van der Waals surface area contributed by atoms with E-state index in [1.807, 2.05) is 0 Å². The maximum atomic E-state index is 11.4. The molecule has 5 rings (SSSR count). The topological polar surface area (TPSA) is 56.8 Å². The van der Waals surface area contributed by atoms with E-state index in [4.69, 9.17) is 16.5 Å². The van der Waals surface area contributed by atoms with Gasteiger partial charge in [0, 0.05) is 55.7 Å². The van der Waals surface area contributed by atoms with E-state index in [1.54, 1.807) is 0 Å². The third-order valence-electron chi connectivity index (χ3n) is 7.80. The molecule has 3 fully saturated rings. The zero-order valence-electron chi connectivity index (χ0n) is 17.7. The molecular weight excluding hydrogens is 400 g/mol. The second kappa shape index (κ2) is 8.46. The molecule has 0 bridgehead atoms. The van der Waals surface area contributed by atoms with Crippen LogP contribution in [0, 0.1) is 0 Å². The molecule has 1 aliphatic carbocycles. The number of nitrogens with zero attached hydrogens (tertiary/aromatic N) is 2. The van der Waals surface area contributed by atoms with E-state index in [0.29, 0.717) is 0 Å². The highest BCUT2D eigenvalue weighted by Gasteiger charge is 2.41.